The Kier molecular flexibility index (Phi) is 6.30. The Labute approximate surface area is 110 Å². The molecule has 0 amide bonds. The van der Waals surface area contributed by atoms with Crippen LogP contribution in [0.25, 0.3) is 0 Å². The van der Waals surface area contributed by atoms with Crippen molar-refractivity contribution in [2.75, 3.05) is 19.8 Å². The fourth-order valence-electron chi connectivity index (χ4n) is 1.62. The SMILES string of the molecule is CCNCc1cn(CCCOCC(F)(F)F)nc1C. The maximum absolute atomic E-state index is 11.8. The molecule has 0 atom stereocenters. The molecule has 0 bridgehead atoms. The maximum Gasteiger partial charge on any atom is 0.411 e. The summed E-state index contributed by atoms with van der Waals surface area (Å²) in [5, 5.41) is 7.52. The van der Waals surface area contributed by atoms with Crippen LogP contribution in [-0.2, 0) is 17.8 Å². The van der Waals surface area contributed by atoms with Gasteiger partial charge in [0.25, 0.3) is 0 Å². The van der Waals surface area contributed by atoms with Crippen molar-refractivity contribution in [2.45, 2.75) is 39.5 Å². The molecule has 1 aromatic heterocycles. The normalized spacial score (nSPS) is 12.1. The van der Waals surface area contributed by atoms with Gasteiger partial charge in [0.15, 0.2) is 0 Å². The van der Waals surface area contributed by atoms with Crippen LogP contribution in [0.4, 0.5) is 13.2 Å². The predicted molar refractivity (Wildman–Crippen MR) is 65.8 cm³/mol. The number of aryl methyl sites for hydroxylation is 2. The summed E-state index contributed by atoms with van der Waals surface area (Å²) in [5.41, 5.74) is 2.05. The number of aromatic nitrogens is 2. The molecule has 1 aromatic rings. The van der Waals surface area contributed by atoms with Crippen molar-refractivity contribution in [1.82, 2.24) is 15.1 Å². The minimum absolute atomic E-state index is 0.0843. The van der Waals surface area contributed by atoms with Gasteiger partial charge in [0.1, 0.15) is 6.61 Å². The zero-order valence-corrected chi connectivity index (χ0v) is 11.3. The summed E-state index contributed by atoms with van der Waals surface area (Å²) in [6.07, 6.45) is -1.82. The first kappa shape index (κ1) is 16.0. The van der Waals surface area contributed by atoms with Gasteiger partial charge in [-0.25, -0.2) is 0 Å². The number of ether oxygens (including phenoxy) is 1. The van der Waals surface area contributed by atoms with E-state index in [1.807, 2.05) is 20.0 Å². The number of nitrogens with zero attached hydrogens (tertiary/aromatic N) is 2. The molecule has 0 radical (unpaired) electrons. The van der Waals surface area contributed by atoms with Crippen molar-refractivity contribution in [3.05, 3.63) is 17.5 Å². The minimum atomic E-state index is -4.25. The number of hydrogen-bond donors (Lipinski definition) is 1. The Morgan fingerprint density at radius 1 is 1.42 bits per heavy atom. The third-order valence-corrected chi connectivity index (χ3v) is 2.56. The van der Waals surface area contributed by atoms with Crippen molar-refractivity contribution < 1.29 is 17.9 Å². The second-order valence-electron chi connectivity index (χ2n) is 4.30. The molecule has 0 aliphatic rings. The third-order valence-electron chi connectivity index (χ3n) is 2.56. The lowest BCUT2D eigenvalue weighted by Crippen LogP contribution is -2.17. The average Bonchev–Trinajstić information content (AvgIpc) is 2.65. The maximum atomic E-state index is 11.8. The zero-order chi connectivity index (χ0) is 14.3. The molecule has 0 aromatic carbocycles. The van der Waals surface area contributed by atoms with E-state index in [1.165, 1.54) is 0 Å². The molecule has 1 rings (SSSR count). The molecule has 7 heteroatoms. The molecular formula is C12H20F3N3O. The van der Waals surface area contributed by atoms with E-state index in [1.54, 1.807) is 4.68 Å². The van der Waals surface area contributed by atoms with Gasteiger partial charge >= 0.3 is 6.18 Å². The van der Waals surface area contributed by atoms with Crippen LogP contribution in [0.5, 0.6) is 0 Å². The number of rotatable bonds is 8. The van der Waals surface area contributed by atoms with Crippen LogP contribution >= 0.6 is 0 Å². The Morgan fingerprint density at radius 3 is 2.79 bits per heavy atom. The summed E-state index contributed by atoms with van der Waals surface area (Å²) < 4.78 is 41.8. The van der Waals surface area contributed by atoms with Crippen LogP contribution in [0.2, 0.25) is 0 Å². The van der Waals surface area contributed by atoms with Crippen LogP contribution in [0, 0.1) is 6.92 Å². The number of nitrogens with one attached hydrogen (secondary N) is 1. The molecule has 0 unspecified atom stereocenters. The zero-order valence-electron chi connectivity index (χ0n) is 11.3. The number of hydrogen-bond acceptors (Lipinski definition) is 3. The molecule has 1 N–H and O–H groups in total. The first-order valence-electron chi connectivity index (χ1n) is 6.30. The lowest BCUT2D eigenvalue weighted by atomic mass is 10.2. The molecule has 0 aliphatic heterocycles. The van der Waals surface area contributed by atoms with Gasteiger partial charge in [-0.3, -0.25) is 4.68 Å². The summed E-state index contributed by atoms with van der Waals surface area (Å²) in [4.78, 5) is 0. The van der Waals surface area contributed by atoms with Crippen molar-refractivity contribution in [3.8, 4) is 0 Å². The van der Waals surface area contributed by atoms with E-state index in [0.29, 0.717) is 13.0 Å². The highest BCUT2D eigenvalue weighted by Gasteiger charge is 2.27. The Bertz CT molecular complexity index is 377. The molecule has 0 aliphatic carbocycles. The Morgan fingerprint density at radius 2 is 2.16 bits per heavy atom. The summed E-state index contributed by atoms with van der Waals surface area (Å²) in [5.74, 6) is 0. The first-order chi connectivity index (χ1) is 8.92. The van der Waals surface area contributed by atoms with Crippen molar-refractivity contribution >= 4 is 0 Å². The highest BCUT2D eigenvalue weighted by Crippen LogP contribution is 2.14. The molecule has 0 spiro atoms. The fourth-order valence-corrected chi connectivity index (χ4v) is 1.62. The van der Waals surface area contributed by atoms with Crippen molar-refractivity contribution in [2.24, 2.45) is 0 Å². The highest BCUT2D eigenvalue weighted by molar-refractivity contribution is 5.14. The standard InChI is InChI=1S/C12H20F3N3O/c1-3-16-7-11-8-18(17-10(11)2)5-4-6-19-9-12(13,14)15/h8,16H,3-7,9H2,1-2H3. The topological polar surface area (TPSA) is 39.1 Å². The molecule has 19 heavy (non-hydrogen) atoms. The van der Waals surface area contributed by atoms with Crippen LogP contribution in [0.15, 0.2) is 6.20 Å². The number of halogens is 3. The first-order valence-corrected chi connectivity index (χ1v) is 6.30. The van der Waals surface area contributed by atoms with E-state index < -0.39 is 12.8 Å². The number of alkyl halides is 3. The monoisotopic (exact) mass is 279 g/mol. The van der Waals surface area contributed by atoms with Crippen LogP contribution in [0.1, 0.15) is 24.6 Å². The van der Waals surface area contributed by atoms with E-state index in [-0.39, 0.29) is 6.61 Å². The van der Waals surface area contributed by atoms with Crippen LogP contribution < -0.4 is 5.32 Å². The molecule has 0 saturated heterocycles. The largest absolute Gasteiger partial charge is 0.411 e. The van der Waals surface area contributed by atoms with Crippen LogP contribution in [-0.4, -0.2) is 35.7 Å². The lowest BCUT2D eigenvalue weighted by Gasteiger charge is -2.07. The van der Waals surface area contributed by atoms with Gasteiger partial charge < -0.3 is 10.1 Å². The molecule has 110 valence electrons. The predicted octanol–water partition coefficient (Wildman–Crippen LogP) is 2.27. The minimum Gasteiger partial charge on any atom is -0.372 e. The molecular weight excluding hydrogens is 259 g/mol. The second-order valence-corrected chi connectivity index (χ2v) is 4.30. The molecule has 4 nitrogen and oxygen atoms in total. The van der Waals surface area contributed by atoms with Gasteiger partial charge in [0.2, 0.25) is 0 Å². The van der Waals surface area contributed by atoms with E-state index in [2.05, 4.69) is 15.2 Å². The highest BCUT2D eigenvalue weighted by atomic mass is 19.4. The fraction of sp³-hybridized carbons (Fsp3) is 0.750. The summed E-state index contributed by atoms with van der Waals surface area (Å²) in [6, 6.07) is 0. The van der Waals surface area contributed by atoms with Gasteiger partial charge in [0.05, 0.1) is 5.69 Å². The summed E-state index contributed by atoms with van der Waals surface area (Å²) in [6.45, 7) is 5.05. The quantitative estimate of drug-likeness (QED) is 0.742. The van der Waals surface area contributed by atoms with Crippen molar-refractivity contribution in [3.63, 3.8) is 0 Å². The molecule has 0 fully saturated rings. The second kappa shape index (κ2) is 7.49. The molecule has 1 heterocycles. The smallest absolute Gasteiger partial charge is 0.372 e. The van der Waals surface area contributed by atoms with Crippen LogP contribution in [0.3, 0.4) is 0 Å². The summed E-state index contributed by atoms with van der Waals surface area (Å²) in [7, 11) is 0. The van der Waals surface area contributed by atoms with Gasteiger partial charge in [0, 0.05) is 31.5 Å². The summed E-state index contributed by atoms with van der Waals surface area (Å²) >= 11 is 0. The average molecular weight is 279 g/mol. The lowest BCUT2D eigenvalue weighted by molar-refractivity contribution is -0.174. The van der Waals surface area contributed by atoms with Gasteiger partial charge in [-0.2, -0.15) is 18.3 Å². The van der Waals surface area contributed by atoms with E-state index >= 15 is 0 Å². The van der Waals surface area contributed by atoms with Gasteiger partial charge in [-0.05, 0) is 19.9 Å². The Balaban J connectivity index is 2.26. The molecule has 0 saturated carbocycles. The van der Waals surface area contributed by atoms with E-state index in [4.69, 9.17) is 0 Å². The van der Waals surface area contributed by atoms with Gasteiger partial charge in [-0.15, -0.1) is 0 Å². The third kappa shape index (κ3) is 6.58. The Hall–Kier alpha value is -1.08. The van der Waals surface area contributed by atoms with Gasteiger partial charge in [-0.1, -0.05) is 6.92 Å². The van der Waals surface area contributed by atoms with Crippen molar-refractivity contribution in [1.29, 1.82) is 0 Å². The van der Waals surface area contributed by atoms with E-state index in [9.17, 15) is 13.2 Å². The van der Waals surface area contributed by atoms with E-state index in [0.717, 1.165) is 24.3 Å².